The molecule has 0 atom stereocenters. The van der Waals surface area contributed by atoms with E-state index in [1.165, 1.54) is 25.7 Å². The van der Waals surface area contributed by atoms with Crippen LogP contribution in [0.15, 0.2) is 0 Å². The van der Waals surface area contributed by atoms with E-state index in [2.05, 4.69) is 42.5 Å². The maximum atomic E-state index is 9.41. The fourth-order valence-corrected chi connectivity index (χ4v) is 2.95. The van der Waals surface area contributed by atoms with Crippen molar-refractivity contribution in [1.29, 1.82) is 0 Å². The SMILES string of the molecule is CC1CCC(c2nnc(CO)n2C(C)(C)C)CC1. The summed E-state index contributed by atoms with van der Waals surface area (Å²) in [6.07, 6.45) is 4.94. The van der Waals surface area contributed by atoms with Gasteiger partial charge in [-0.1, -0.05) is 19.8 Å². The normalized spacial score (nSPS) is 25.4. The van der Waals surface area contributed by atoms with E-state index in [1.54, 1.807) is 0 Å². The summed E-state index contributed by atoms with van der Waals surface area (Å²) < 4.78 is 2.13. The average molecular weight is 251 g/mol. The molecule has 4 nitrogen and oxygen atoms in total. The van der Waals surface area contributed by atoms with Crippen LogP contribution in [-0.2, 0) is 12.1 Å². The van der Waals surface area contributed by atoms with Crippen LogP contribution in [-0.4, -0.2) is 19.9 Å². The first kappa shape index (κ1) is 13.5. The highest BCUT2D eigenvalue weighted by atomic mass is 16.3. The molecule has 0 amide bonds. The van der Waals surface area contributed by atoms with Crippen LogP contribution in [0.1, 0.15) is 70.9 Å². The zero-order chi connectivity index (χ0) is 13.3. The lowest BCUT2D eigenvalue weighted by atomic mass is 9.82. The fraction of sp³-hybridized carbons (Fsp3) is 0.857. The highest BCUT2D eigenvalue weighted by molar-refractivity contribution is 5.07. The minimum atomic E-state index is -0.0695. The molecule has 18 heavy (non-hydrogen) atoms. The summed E-state index contributed by atoms with van der Waals surface area (Å²) in [5.74, 6) is 3.10. The lowest BCUT2D eigenvalue weighted by Gasteiger charge is -2.30. The molecule has 0 saturated heterocycles. The fourth-order valence-electron chi connectivity index (χ4n) is 2.95. The summed E-state index contributed by atoms with van der Waals surface area (Å²) in [5, 5.41) is 17.9. The smallest absolute Gasteiger partial charge is 0.159 e. The van der Waals surface area contributed by atoms with Crippen LogP contribution in [0.5, 0.6) is 0 Å². The Labute approximate surface area is 109 Å². The first-order valence-corrected chi connectivity index (χ1v) is 6.99. The third-order valence-electron chi connectivity index (χ3n) is 3.95. The molecule has 1 aliphatic carbocycles. The molecule has 0 unspecified atom stereocenters. The topological polar surface area (TPSA) is 50.9 Å². The molecule has 2 rings (SSSR count). The number of nitrogens with zero attached hydrogens (tertiary/aromatic N) is 3. The van der Waals surface area contributed by atoms with Crippen LogP contribution in [0.2, 0.25) is 0 Å². The van der Waals surface area contributed by atoms with Crippen molar-refractivity contribution < 1.29 is 5.11 Å². The number of rotatable bonds is 2. The third-order valence-corrected chi connectivity index (χ3v) is 3.95. The average Bonchev–Trinajstić information content (AvgIpc) is 2.73. The molecule has 0 spiro atoms. The van der Waals surface area contributed by atoms with E-state index < -0.39 is 0 Å². The van der Waals surface area contributed by atoms with Gasteiger partial charge < -0.3 is 9.67 Å². The van der Waals surface area contributed by atoms with E-state index in [1.807, 2.05) is 0 Å². The molecule has 1 saturated carbocycles. The second-order valence-corrected chi connectivity index (χ2v) is 6.60. The van der Waals surface area contributed by atoms with Crippen molar-refractivity contribution >= 4 is 0 Å². The van der Waals surface area contributed by atoms with Crippen LogP contribution in [0.4, 0.5) is 0 Å². The van der Waals surface area contributed by atoms with E-state index in [-0.39, 0.29) is 12.1 Å². The summed E-state index contributed by atoms with van der Waals surface area (Å²) in [5.41, 5.74) is -0.0695. The minimum absolute atomic E-state index is 0.0343. The van der Waals surface area contributed by atoms with Gasteiger partial charge in [0.1, 0.15) is 12.4 Å². The Balaban J connectivity index is 2.30. The van der Waals surface area contributed by atoms with Crippen LogP contribution in [0.3, 0.4) is 0 Å². The molecule has 0 aliphatic heterocycles. The molecule has 1 N–H and O–H groups in total. The van der Waals surface area contributed by atoms with Gasteiger partial charge in [-0.25, -0.2) is 0 Å². The first-order chi connectivity index (χ1) is 8.43. The molecule has 1 aromatic heterocycles. The molecule has 1 aromatic rings. The van der Waals surface area contributed by atoms with Crippen LogP contribution < -0.4 is 0 Å². The number of aliphatic hydroxyl groups excluding tert-OH is 1. The summed E-state index contributed by atoms with van der Waals surface area (Å²) in [7, 11) is 0. The Morgan fingerprint density at radius 1 is 1.17 bits per heavy atom. The largest absolute Gasteiger partial charge is 0.388 e. The second kappa shape index (κ2) is 5.00. The molecule has 1 heterocycles. The summed E-state index contributed by atoms with van der Waals surface area (Å²) in [6.45, 7) is 8.72. The molecule has 4 heteroatoms. The van der Waals surface area contributed by atoms with E-state index in [0.29, 0.717) is 11.7 Å². The van der Waals surface area contributed by atoms with Gasteiger partial charge in [0.15, 0.2) is 5.82 Å². The monoisotopic (exact) mass is 251 g/mol. The van der Waals surface area contributed by atoms with Crippen LogP contribution in [0, 0.1) is 5.92 Å². The maximum Gasteiger partial charge on any atom is 0.159 e. The van der Waals surface area contributed by atoms with Gasteiger partial charge in [0.05, 0.1) is 0 Å². The van der Waals surface area contributed by atoms with Gasteiger partial charge in [-0.3, -0.25) is 0 Å². The van der Waals surface area contributed by atoms with Crippen molar-refractivity contribution in [2.24, 2.45) is 5.92 Å². The van der Waals surface area contributed by atoms with Gasteiger partial charge >= 0.3 is 0 Å². The summed E-state index contributed by atoms with van der Waals surface area (Å²) in [4.78, 5) is 0. The molecule has 1 fully saturated rings. The molecule has 0 aromatic carbocycles. The maximum absolute atomic E-state index is 9.41. The van der Waals surface area contributed by atoms with Gasteiger partial charge in [-0.05, 0) is 39.5 Å². The van der Waals surface area contributed by atoms with Crippen LogP contribution in [0.25, 0.3) is 0 Å². The van der Waals surface area contributed by atoms with Crippen molar-refractivity contribution in [3.05, 3.63) is 11.6 Å². The van der Waals surface area contributed by atoms with Crippen molar-refractivity contribution in [3.63, 3.8) is 0 Å². The van der Waals surface area contributed by atoms with E-state index in [0.717, 1.165) is 11.7 Å². The van der Waals surface area contributed by atoms with E-state index in [9.17, 15) is 5.11 Å². The molecular formula is C14H25N3O. The number of aromatic nitrogens is 3. The molecular weight excluding hydrogens is 226 g/mol. The van der Waals surface area contributed by atoms with Crippen LogP contribution >= 0.6 is 0 Å². The third kappa shape index (κ3) is 2.58. The predicted molar refractivity (Wildman–Crippen MR) is 71.3 cm³/mol. The molecule has 0 radical (unpaired) electrons. The van der Waals surface area contributed by atoms with Gasteiger partial charge in [-0.15, -0.1) is 10.2 Å². The Morgan fingerprint density at radius 2 is 1.78 bits per heavy atom. The summed E-state index contributed by atoms with van der Waals surface area (Å²) in [6, 6.07) is 0. The van der Waals surface area contributed by atoms with Gasteiger partial charge in [0, 0.05) is 11.5 Å². The van der Waals surface area contributed by atoms with Crippen molar-refractivity contribution in [2.45, 2.75) is 71.4 Å². The molecule has 102 valence electrons. The number of hydrogen-bond acceptors (Lipinski definition) is 3. The van der Waals surface area contributed by atoms with Crippen molar-refractivity contribution in [3.8, 4) is 0 Å². The Kier molecular flexibility index (Phi) is 3.76. The standard InChI is InChI=1S/C14H25N3O/c1-10-5-7-11(8-6-10)13-16-15-12(9-18)17(13)14(2,3)4/h10-11,18H,5-9H2,1-4H3. The van der Waals surface area contributed by atoms with Gasteiger partial charge in [0.2, 0.25) is 0 Å². The number of hydrogen-bond donors (Lipinski definition) is 1. The Bertz CT molecular complexity index is 398. The number of aliphatic hydroxyl groups is 1. The lowest BCUT2D eigenvalue weighted by molar-refractivity contribution is 0.243. The van der Waals surface area contributed by atoms with Gasteiger partial charge in [-0.2, -0.15) is 0 Å². The van der Waals surface area contributed by atoms with Crippen molar-refractivity contribution in [2.75, 3.05) is 0 Å². The molecule has 1 aliphatic rings. The highest BCUT2D eigenvalue weighted by Crippen LogP contribution is 2.36. The lowest BCUT2D eigenvalue weighted by Crippen LogP contribution is -2.28. The summed E-state index contributed by atoms with van der Waals surface area (Å²) >= 11 is 0. The minimum Gasteiger partial charge on any atom is -0.388 e. The zero-order valence-corrected chi connectivity index (χ0v) is 12.0. The first-order valence-electron chi connectivity index (χ1n) is 6.99. The molecule has 0 bridgehead atoms. The Morgan fingerprint density at radius 3 is 2.28 bits per heavy atom. The van der Waals surface area contributed by atoms with Gasteiger partial charge in [0.25, 0.3) is 0 Å². The second-order valence-electron chi connectivity index (χ2n) is 6.60. The Hall–Kier alpha value is -0.900. The van der Waals surface area contributed by atoms with E-state index >= 15 is 0 Å². The van der Waals surface area contributed by atoms with E-state index in [4.69, 9.17) is 0 Å². The van der Waals surface area contributed by atoms with Crippen molar-refractivity contribution in [1.82, 2.24) is 14.8 Å². The zero-order valence-electron chi connectivity index (χ0n) is 12.0. The highest BCUT2D eigenvalue weighted by Gasteiger charge is 2.29. The predicted octanol–water partition coefficient (Wildman–Crippen LogP) is 2.82. The quantitative estimate of drug-likeness (QED) is 0.879.